The van der Waals surface area contributed by atoms with Gasteiger partial charge in [0.1, 0.15) is 22.9 Å². The molecule has 3 aromatic heterocycles. The molecule has 1 saturated heterocycles. The molecular weight excluding hydrogens is 412 g/mol. The minimum absolute atomic E-state index is 0.163. The monoisotopic (exact) mass is 432 g/mol. The minimum atomic E-state index is -2.95. The number of nitrogens with zero attached hydrogens (tertiary/aromatic N) is 5. The van der Waals surface area contributed by atoms with Crippen LogP contribution in [0.2, 0.25) is 5.15 Å². The zero-order chi connectivity index (χ0) is 20.2. The topological polar surface area (TPSA) is 95.1 Å². The fourth-order valence-corrected chi connectivity index (χ4v) is 5.63. The molecule has 5 rings (SSSR count). The quantitative estimate of drug-likeness (QED) is 0.620. The second kappa shape index (κ2) is 6.84. The van der Waals surface area contributed by atoms with E-state index in [-0.39, 0.29) is 17.5 Å². The van der Waals surface area contributed by atoms with Crippen LogP contribution in [0.25, 0.3) is 11.0 Å². The van der Waals surface area contributed by atoms with E-state index in [4.69, 9.17) is 11.6 Å². The summed E-state index contributed by atoms with van der Waals surface area (Å²) in [6, 6.07) is 4.13. The van der Waals surface area contributed by atoms with Crippen molar-refractivity contribution in [3.05, 3.63) is 41.1 Å². The third-order valence-corrected chi connectivity index (χ3v) is 7.59. The predicted octanol–water partition coefficient (Wildman–Crippen LogP) is 2.19. The third-order valence-electron chi connectivity index (χ3n) is 5.79. The van der Waals surface area contributed by atoms with Crippen LogP contribution in [-0.4, -0.2) is 59.0 Å². The number of halogens is 1. The highest BCUT2D eigenvalue weighted by Gasteiger charge is 2.31. The Hall–Kier alpha value is -2.39. The van der Waals surface area contributed by atoms with E-state index in [1.54, 1.807) is 6.33 Å². The highest BCUT2D eigenvalue weighted by atomic mass is 35.5. The summed E-state index contributed by atoms with van der Waals surface area (Å²) in [5.41, 5.74) is 3.87. The van der Waals surface area contributed by atoms with Crippen molar-refractivity contribution in [1.29, 1.82) is 0 Å². The SMILES string of the molecule is C[C@@H]1Cc2ncnc(N3CCS(=O)(=O)CC3)c2CN1c1cc(Cl)nc2[nH]ccc12. The van der Waals surface area contributed by atoms with Gasteiger partial charge in [-0.15, -0.1) is 0 Å². The number of fused-ring (bicyclic) bond motifs is 2. The molecule has 8 nitrogen and oxygen atoms in total. The smallest absolute Gasteiger partial charge is 0.153 e. The Balaban J connectivity index is 1.54. The van der Waals surface area contributed by atoms with E-state index < -0.39 is 9.84 Å². The zero-order valence-corrected chi connectivity index (χ0v) is 17.5. The first-order valence-corrected chi connectivity index (χ1v) is 11.8. The fraction of sp³-hybridized carbons (Fsp3) is 0.421. The number of pyridine rings is 1. The van der Waals surface area contributed by atoms with Gasteiger partial charge in [-0.2, -0.15) is 0 Å². The van der Waals surface area contributed by atoms with Crippen LogP contribution in [0, 0.1) is 0 Å². The summed E-state index contributed by atoms with van der Waals surface area (Å²) in [4.78, 5) is 20.9. The first kappa shape index (κ1) is 18.6. The van der Waals surface area contributed by atoms with Crippen LogP contribution < -0.4 is 9.80 Å². The Kier molecular flexibility index (Phi) is 4.40. The van der Waals surface area contributed by atoms with Gasteiger partial charge in [-0.1, -0.05) is 11.6 Å². The molecule has 1 N–H and O–H groups in total. The molecule has 5 heterocycles. The lowest BCUT2D eigenvalue weighted by Gasteiger charge is -2.39. The van der Waals surface area contributed by atoms with Gasteiger partial charge in [0, 0.05) is 49.2 Å². The van der Waals surface area contributed by atoms with Gasteiger partial charge in [0.2, 0.25) is 0 Å². The molecule has 0 radical (unpaired) electrons. The number of rotatable bonds is 2. The minimum Gasteiger partial charge on any atom is -0.363 e. The van der Waals surface area contributed by atoms with Gasteiger partial charge in [-0.25, -0.2) is 23.4 Å². The van der Waals surface area contributed by atoms with E-state index >= 15 is 0 Å². The highest BCUT2D eigenvalue weighted by molar-refractivity contribution is 7.91. The van der Waals surface area contributed by atoms with Crippen LogP contribution in [0.4, 0.5) is 11.5 Å². The lowest BCUT2D eigenvalue weighted by atomic mass is 9.98. The van der Waals surface area contributed by atoms with Crippen LogP contribution in [0.15, 0.2) is 24.7 Å². The average Bonchev–Trinajstić information content (AvgIpc) is 3.15. The van der Waals surface area contributed by atoms with Crippen molar-refractivity contribution >= 4 is 44.0 Å². The molecule has 1 fully saturated rings. The molecule has 0 spiro atoms. The van der Waals surface area contributed by atoms with Crippen LogP contribution in [0.5, 0.6) is 0 Å². The summed E-state index contributed by atoms with van der Waals surface area (Å²) in [5.74, 6) is 1.17. The molecule has 0 bridgehead atoms. The number of hydrogen-bond donors (Lipinski definition) is 1. The maximum absolute atomic E-state index is 11.8. The molecule has 29 heavy (non-hydrogen) atoms. The summed E-state index contributed by atoms with van der Waals surface area (Å²) in [7, 11) is -2.95. The van der Waals surface area contributed by atoms with E-state index in [1.807, 2.05) is 18.3 Å². The van der Waals surface area contributed by atoms with Gasteiger partial charge < -0.3 is 14.8 Å². The maximum Gasteiger partial charge on any atom is 0.153 e. The summed E-state index contributed by atoms with van der Waals surface area (Å²) in [6.07, 6.45) is 4.24. The number of hydrogen-bond acceptors (Lipinski definition) is 7. The molecule has 0 aliphatic carbocycles. The summed E-state index contributed by atoms with van der Waals surface area (Å²) in [5, 5.41) is 1.46. The van der Waals surface area contributed by atoms with Crippen molar-refractivity contribution < 1.29 is 8.42 Å². The third kappa shape index (κ3) is 3.32. The Bertz CT molecular complexity index is 1180. The van der Waals surface area contributed by atoms with Gasteiger partial charge in [-0.3, -0.25) is 0 Å². The van der Waals surface area contributed by atoms with Crippen molar-refractivity contribution in [2.75, 3.05) is 34.4 Å². The number of H-pyrrole nitrogens is 1. The lowest BCUT2D eigenvalue weighted by Crippen LogP contribution is -2.44. The Morgan fingerprint density at radius 1 is 1.24 bits per heavy atom. The molecule has 0 saturated carbocycles. The molecule has 1 atom stereocenters. The van der Waals surface area contributed by atoms with Crippen molar-refractivity contribution in [1.82, 2.24) is 19.9 Å². The van der Waals surface area contributed by atoms with E-state index in [0.29, 0.717) is 24.8 Å². The molecule has 2 aliphatic rings. The normalized spacial score (nSPS) is 21.4. The Labute approximate surface area is 173 Å². The number of aromatic amines is 1. The van der Waals surface area contributed by atoms with E-state index in [0.717, 1.165) is 40.2 Å². The number of anilines is 2. The van der Waals surface area contributed by atoms with Crippen molar-refractivity contribution in [2.24, 2.45) is 0 Å². The maximum atomic E-state index is 11.8. The second-order valence-electron chi connectivity index (χ2n) is 7.65. The van der Waals surface area contributed by atoms with Gasteiger partial charge in [0.15, 0.2) is 9.84 Å². The first-order chi connectivity index (χ1) is 13.9. The van der Waals surface area contributed by atoms with Crippen molar-refractivity contribution in [3.63, 3.8) is 0 Å². The Morgan fingerprint density at radius 2 is 2.03 bits per heavy atom. The molecular formula is C19H21ClN6O2S. The Morgan fingerprint density at radius 3 is 2.83 bits per heavy atom. The number of aromatic nitrogens is 4. The van der Waals surface area contributed by atoms with Gasteiger partial charge in [0.25, 0.3) is 0 Å². The van der Waals surface area contributed by atoms with Crippen molar-refractivity contribution in [2.45, 2.75) is 25.9 Å². The summed E-state index contributed by atoms with van der Waals surface area (Å²) >= 11 is 6.28. The molecule has 0 amide bonds. The molecule has 3 aromatic rings. The van der Waals surface area contributed by atoms with Crippen LogP contribution in [0.1, 0.15) is 18.2 Å². The molecule has 0 aromatic carbocycles. The van der Waals surface area contributed by atoms with E-state index in [1.165, 1.54) is 0 Å². The van der Waals surface area contributed by atoms with Crippen molar-refractivity contribution in [3.8, 4) is 0 Å². The highest BCUT2D eigenvalue weighted by Crippen LogP contribution is 2.36. The molecule has 152 valence electrons. The van der Waals surface area contributed by atoms with E-state index in [2.05, 4.69) is 36.7 Å². The standard InChI is InChI=1S/C19H21ClN6O2S/c1-12-8-15-14(19(23-11-22-15)25-4-6-29(27,28)7-5-25)10-26(12)16-9-17(20)24-18-13(16)2-3-21-18/h2-3,9,11-12H,4-8,10H2,1H3,(H,21,24)/t12-/m1/s1. The lowest BCUT2D eigenvalue weighted by molar-refractivity contribution is 0.573. The second-order valence-corrected chi connectivity index (χ2v) is 10.3. The van der Waals surface area contributed by atoms with Gasteiger partial charge in [0.05, 0.1) is 22.9 Å². The van der Waals surface area contributed by atoms with Crippen LogP contribution in [-0.2, 0) is 22.8 Å². The molecule has 10 heteroatoms. The fourth-order valence-electron chi connectivity index (χ4n) is 4.24. The summed E-state index contributed by atoms with van der Waals surface area (Å²) < 4.78 is 23.7. The average molecular weight is 433 g/mol. The van der Waals surface area contributed by atoms with E-state index in [9.17, 15) is 8.42 Å². The van der Waals surface area contributed by atoms with Gasteiger partial charge in [-0.05, 0) is 19.1 Å². The number of sulfone groups is 1. The predicted molar refractivity (Wildman–Crippen MR) is 113 cm³/mol. The zero-order valence-electron chi connectivity index (χ0n) is 16.0. The molecule has 0 unspecified atom stereocenters. The summed E-state index contributed by atoms with van der Waals surface area (Å²) in [6.45, 7) is 3.73. The first-order valence-electron chi connectivity index (χ1n) is 9.60. The van der Waals surface area contributed by atoms with Crippen LogP contribution in [0.3, 0.4) is 0 Å². The largest absolute Gasteiger partial charge is 0.363 e. The van der Waals surface area contributed by atoms with Crippen LogP contribution >= 0.6 is 11.6 Å². The number of nitrogens with one attached hydrogen (secondary N) is 1. The van der Waals surface area contributed by atoms with Gasteiger partial charge >= 0.3 is 0 Å². The molecule has 2 aliphatic heterocycles.